The van der Waals surface area contributed by atoms with E-state index in [0.717, 1.165) is 23.8 Å². The number of hydrogen-bond donors (Lipinski definition) is 1. The predicted octanol–water partition coefficient (Wildman–Crippen LogP) is 3.52. The Bertz CT molecular complexity index is 338. The average Bonchev–Trinajstić information content (AvgIpc) is 2.99. The van der Waals surface area contributed by atoms with Crippen LogP contribution in [-0.4, -0.2) is 37.6 Å². The maximum Gasteiger partial charge on any atom is 0.0271 e. The second-order valence-corrected chi connectivity index (χ2v) is 8.59. The topological polar surface area (TPSA) is 15.3 Å². The fourth-order valence-electron chi connectivity index (χ4n) is 5.77. The molecular formula is C18H34N2. The first-order valence-corrected chi connectivity index (χ1v) is 8.89. The molecule has 0 amide bonds. The summed E-state index contributed by atoms with van der Waals surface area (Å²) >= 11 is 0. The highest BCUT2D eigenvalue weighted by Crippen LogP contribution is 2.49. The summed E-state index contributed by atoms with van der Waals surface area (Å²) in [5, 5.41) is 3.64. The van der Waals surface area contributed by atoms with E-state index in [-0.39, 0.29) is 0 Å². The molecule has 0 heterocycles. The lowest BCUT2D eigenvalue weighted by Gasteiger charge is -2.48. The number of rotatable bonds is 4. The normalized spacial score (nSPS) is 43.4. The summed E-state index contributed by atoms with van der Waals surface area (Å²) in [5.41, 5.74) is 0.445. The van der Waals surface area contributed by atoms with E-state index in [1.807, 2.05) is 0 Å². The van der Waals surface area contributed by atoms with Gasteiger partial charge in [0, 0.05) is 18.6 Å². The molecule has 0 aromatic carbocycles. The summed E-state index contributed by atoms with van der Waals surface area (Å²) in [7, 11) is 4.55. The maximum atomic E-state index is 3.64. The summed E-state index contributed by atoms with van der Waals surface area (Å²) < 4.78 is 0. The number of fused-ring (bicyclic) bond motifs is 2. The van der Waals surface area contributed by atoms with Gasteiger partial charge in [0.15, 0.2) is 0 Å². The minimum Gasteiger partial charge on any atom is -0.315 e. The fourth-order valence-corrected chi connectivity index (χ4v) is 5.77. The van der Waals surface area contributed by atoms with Crippen molar-refractivity contribution in [3.63, 3.8) is 0 Å². The molecular weight excluding hydrogens is 244 g/mol. The van der Waals surface area contributed by atoms with Crippen LogP contribution >= 0.6 is 0 Å². The lowest BCUT2D eigenvalue weighted by molar-refractivity contribution is 0.0528. The average molecular weight is 278 g/mol. The second kappa shape index (κ2) is 5.61. The van der Waals surface area contributed by atoms with E-state index < -0.39 is 0 Å². The third kappa shape index (κ3) is 2.66. The maximum absolute atomic E-state index is 3.64. The Balaban J connectivity index is 1.62. The number of nitrogens with zero attached hydrogens (tertiary/aromatic N) is 1. The van der Waals surface area contributed by atoms with Gasteiger partial charge >= 0.3 is 0 Å². The Morgan fingerprint density at radius 2 is 1.95 bits per heavy atom. The van der Waals surface area contributed by atoms with Crippen LogP contribution in [-0.2, 0) is 0 Å². The molecule has 3 fully saturated rings. The zero-order valence-electron chi connectivity index (χ0n) is 14.0. The first-order chi connectivity index (χ1) is 9.51. The van der Waals surface area contributed by atoms with Crippen molar-refractivity contribution >= 4 is 0 Å². The Hall–Kier alpha value is -0.0800. The molecule has 5 unspecified atom stereocenters. The Morgan fingerprint density at radius 1 is 1.15 bits per heavy atom. The van der Waals surface area contributed by atoms with Gasteiger partial charge in [-0.1, -0.05) is 26.7 Å². The zero-order valence-corrected chi connectivity index (χ0v) is 14.0. The quantitative estimate of drug-likeness (QED) is 0.846. The standard InChI is InChI=1S/C18H34N2/c1-18(2)9-5-6-16(17(18)19-3)20(4)12-15-11-13-7-8-14(15)10-13/h13-17,19H,5-12H2,1-4H3. The van der Waals surface area contributed by atoms with Crippen LogP contribution in [0.2, 0.25) is 0 Å². The van der Waals surface area contributed by atoms with E-state index in [9.17, 15) is 0 Å². The van der Waals surface area contributed by atoms with Crippen molar-refractivity contribution in [2.45, 2.75) is 70.9 Å². The van der Waals surface area contributed by atoms with Crippen molar-refractivity contribution in [3.8, 4) is 0 Å². The van der Waals surface area contributed by atoms with E-state index in [4.69, 9.17) is 0 Å². The van der Waals surface area contributed by atoms with Gasteiger partial charge in [-0.2, -0.15) is 0 Å². The summed E-state index contributed by atoms with van der Waals surface area (Å²) in [4.78, 5) is 2.72. The van der Waals surface area contributed by atoms with E-state index >= 15 is 0 Å². The molecule has 1 N–H and O–H groups in total. The van der Waals surface area contributed by atoms with E-state index in [1.165, 1.54) is 45.1 Å². The molecule has 2 heteroatoms. The minimum absolute atomic E-state index is 0.445. The van der Waals surface area contributed by atoms with Crippen LogP contribution in [0.4, 0.5) is 0 Å². The molecule has 0 saturated heterocycles. The molecule has 3 rings (SSSR count). The molecule has 2 nitrogen and oxygen atoms in total. The molecule has 3 aliphatic rings. The number of hydrogen-bond acceptors (Lipinski definition) is 2. The van der Waals surface area contributed by atoms with Crippen LogP contribution in [0.15, 0.2) is 0 Å². The Labute approximate surface area is 125 Å². The monoisotopic (exact) mass is 278 g/mol. The SMILES string of the molecule is CNC1C(N(C)CC2CC3CCC2C3)CCCC1(C)C. The van der Waals surface area contributed by atoms with Gasteiger partial charge in [0.25, 0.3) is 0 Å². The Morgan fingerprint density at radius 3 is 2.55 bits per heavy atom. The van der Waals surface area contributed by atoms with E-state index in [2.05, 4.69) is 38.2 Å². The van der Waals surface area contributed by atoms with Crippen molar-refractivity contribution in [2.75, 3.05) is 20.6 Å². The summed E-state index contributed by atoms with van der Waals surface area (Å²) in [5.74, 6) is 3.15. The molecule has 3 saturated carbocycles. The second-order valence-electron chi connectivity index (χ2n) is 8.59. The van der Waals surface area contributed by atoms with Gasteiger partial charge in [-0.15, -0.1) is 0 Å². The van der Waals surface area contributed by atoms with Gasteiger partial charge in [-0.25, -0.2) is 0 Å². The van der Waals surface area contributed by atoms with Crippen molar-refractivity contribution in [1.82, 2.24) is 10.2 Å². The minimum atomic E-state index is 0.445. The highest BCUT2D eigenvalue weighted by Gasteiger charge is 2.43. The fraction of sp³-hybridized carbons (Fsp3) is 1.00. The van der Waals surface area contributed by atoms with Crippen molar-refractivity contribution < 1.29 is 0 Å². The van der Waals surface area contributed by atoms with Gasteiger partial charge in [0.1, 0.15) is 0 Å². The van der Waals surface area contributed by atoms with Gasteiger partial charge in [0.2, 0.25) is 0 Å². The third-order valence-electron chi connectivity index (χ3n) is 6.83. The van der Waals surface area contributed by atoms with Crippen LogP contribution < -0.4 is 5.32 Å². The molecule has 2 bridgehead atoms. The van der Waals surface area contributed by atoms with Crippen LogP contribution in [0, 0.1) is 23.2 Å². The highest BCUT2D eigenvalue weighted by molar-refractivity contribution is 4.98. The summed E-state index contributed by atoms with van der Waals surface area (Å²) in [6, 6.07) is 1.39. The van der Waals surface area contributed by atoms with Crippen LogP contribution in [0.5, 0.6) is 0 Å². The summed E-state index contributed by atoms with van der Waals surface area (Å²) in [6.45, 7) is 6.25. The molecule has 3 aliphatic carbocycles. The van der Waals surface area contributed by atoms with E-state index in [1.54, 1.807) is 6.42 Å². The molecule has 0 aromatic rings. The van der Waals surface area contributed by atoms with Crippen LogP contribution in [0.1, 0.15) is 58.8 Å². The van der Waals surface area contributed by atoms with Crippen LogP contribution in [0.3, 0.4) is 0 Å². The predicted molar refractivity (Wildman–Crippen MR) is 85.8 cm³/mol. The van der Waals surface area contributed by atoms with Crippen molar-refractivity contribution in [1.29, 1.82) is 0 Å². The summed E-state index contributed by atoms with van der Waals surface area (Å²) in [6.07, 6.45) is 10.3. The smallest absolute Gasteiger partial charge is 0.0271 e. The lowest BCUT2D eigenvalue weighted by atomic mass is 9.70. The first kappa shape index (κ1) is 14.8. The number of nitrogens with one attached hydrogen (secondary N) is 1. The van der Waals surface area contributed by atoms with Gasteiger partial charge in [0.05, 0.1) is 0 Å². The molecule has 0 radical (unpaired) electrons. The molecule has 20 heavy (non-hydrogen) atoms. The first-order valence-electron chi connectivity index (χ1n) is 8.89. The van der Waals surface area contributed by atoms with Crippen LogP contribution in [0.25, 0.3) is 0 Å². The van der Waals surface area contributed by atoms with E-state index in [0.29, 0.717) is 11.5 Å². The van der Waals surface area contributed by atoms with Gasteiger partial charge in [-0.3, -0.25) is 0 Å². The lowest BCUT2D eigenvalue weighted by Crippen LogP contribution is -2.57. The van der Waals surface area contributed by atoms with Crippen molar-refractivity contribution in [3.05, 3.63) is 0 Å². The molecule has 0 aliphatic heterocycles. The molecule has 116 valence electrons. The number of likely N-dealkylation sites (N-methyl/N-ethyl adjacent to an activating group) is 2. The van der Waals surface area contributed by atoms with Crippen molar-refractivity contribution in [2.24, 2.45) is 23.2 Å². The molecule has 5 atom stereocenters. The molecule has 0 spiro atoms. The van der Waals surface area contributed by atoms with Gasteiger partial charge in [-0.05, 0) is 69.4 Å². The Kier molecular flexibility index (Phi) is 4.16. The highest BCUT2D eigenvalue weighted by atomic mass is 15.2. The largest absolute Gasteiger partial charge is 0.315 e. The molecule has 0 aromatic heterocycles. The zero-order chi connectivity index (χ0) is 14.3. The van der Waals surface area contributed by atoms with Gasteiger partial charge < -0.3 is 10.2 Å². The third-order valence-corrected chi connectivity index (χ3v) is 6.83.